The Kier molecular flexibility index (Phi) is 13.6. The van der Waals surface area contributed by atoms with Crippen molar-refractivity contribution in [2.24, 2.45) is 16.2 Å². The van der Waals surface area contributed by atoms with Crippen molar-refractivity contribution in [1.82, 2.24) is 0 Å². The van der Waals surface area contributed by atoms with E-state index in [4.69, 9.17) is 25.8 Å². The van der Waals surface area contributed by atoms with E-state index in [-0.39, 0.29) is 47.3 Å². The lowest BCUT2D eigenvalue weighted by Gasteiger charge is -2.42. The molecular weight excluding hydrogens is 696 g/mol. The molecule has 10 heteroatoms. The number of hydrogen-bond donors (Lipinski definition) is 0. The van der Waals surface area contributed by atoms with Crippen LogP contribution in [-0.2, 0) is 31.1 Å². The number of Topliss-reactive ketones (excluding diaryl/α,β-unsaturated/α-hetero) is 1. The van der Waals surface area contributed by atoms with Crippen LogP contribution in [0, 0.1) is 11.8 Å². The molecule has 0 unspecified atom stereocenters. The van der Waals surface area contributed by atoms with Crippen molar-refractivity contribution in [3.05, 3.63) is 101 Å². The Morgan fingerprint density at radius 2 is 1.87 bits per heavy atom. The molecular formula is C42H53ClN2O6S. The van der Waals surface area contributed by atoms with Crippen LogP contribution in [0.5, 0.6) is 11.5 Å². The number of halogens is 1. The maximum absolute atomic E-state index is 14.3. The summed E-state index contributed by atoms with van der Waals surface area (Å²) >= 11 is 6.44. The number of fused-ring (bicyclic) bond motifs is 3. The zero-order valence-corrected chi connectivity index (χ0v) is 32.7. The van der Waals surface area contributed by atoms with Crippen molar-refractivity contribution in [3.8, 4) is 11.5 Å². The number of hydrogen-bond acceptors (Lipinski definition) is 7. The summed E-state index contributed by atoms with van der Waals surface area (Å²) in [5.41, 5.74) is 3.36. The van der Waals surface area contributed by atoms with Gasteiger partial charge in [-0.05, 0) is 97.5 Å². The molecule has 0 N–H and O–H groups in total. The summed E-state index contributed by atoms with van der Waals surface area (Å²) in [6.07, 6.45) is 8.08. The van der Waals surface area contributed by atoms with E-state index in [1.54, 1.807) is 25.3 Å². The maximum Gasteiger partial charge on any atom is 0.285 e. The number of anilines is 1. The number of ether oxygens (including phenoxy) is 3. The number of allylic oxidation sites excluding steroid dienone is 1. The molecule has 0 saturated carbocycles. The van der Waals surface area contributed by atoms with Crippen LogP contribution in [0.2, 0.25) is 5.02 Å². The van der Waals surface area contributed by atoms with Gasteiger partial charge in [0.15, 0.2) is 5.78 Å². The predicted molar refractivity (Wildman–Crippen MR) is 211 cm³/mol. The fourth-order valence-corrected chi connectivity index (χ4v) is 9.64. The van der Waals surface area contributed by atoms with E-state index >= 15 is 0 Å². The number of nitrogens with zero attached hydrogens (tertiary/aromatic N) is 2. The molecule has 3 aromatic rings. The van der Waals surface area contributed by atoms with Gasteiger partial charge in [-0.25, -0.2) is 4.21 Å². The van der Waals surface area contributed by atoms with Gasteiger partial charge in [0, 0.05) is 42.0 Å². The van der Waals surface area contributed by atoms with Crippen LogP contribution in [-0.4, -0.2) is 66.9 Å². The van der Waals surface area contributed by atoms with E-state index in [1.165, 1.54) is 11.1 Å². The van der Waals surface area contributed by atoms with E-state index in [1.807, 2.05) is 56.3 Å². The first-order valence-corrected chi connectivity index (χ1v) is 20.8. The van der Waals surface area contributed by atoms with Gasteiger partial charge in [0.05, 0.1) is 33.9 Å². The third kappa shape index (κ3) is 9.46. The summed E-state index contributed by atoms with van der Waals surface area (Å²) in [5.74, 6) is 0.405. The topological polar surface area (TPSA) is 94.5 Å². The van der Waals surface area contributed by atoms with E-state index in [9.17, 15) is 13.8 Å². The van der Waals surface area contributed by atoms with E-state index in [0.717, 1.165) is 30.0 Å². The molecule has 2 aliphatic heterocycles. The maximum atomic E-state index is 14.3. The van der Waals surface area contributed by atoms with Crippen molar-refractivity contribution in [2.45, 2.75) is 71.3 Å². The smallest absolute Gasteiger partial charge is 0.285 e. The molecule has 5 atom stereocenters. The van der Waals surface area contributed by atoms with Crippen LogP contribution in [0.15, 0.2) is 83.2 Å². The average molecular weight is 749 g/mol. The summed E-state index contributed by atoms with van der Waals surface area (Å²) < 4.78 is 36.8. The average Bonchev–Trinajstić information content (AvgIpc) is 3.29. The molecule has 1 spiro atoms. The molecule has 0 radical (unpaired) electrons. The van der Waals surface area contributed by atoms with Crippen molar-refractivity contribution in [1.29, 1.82) is 0 Å². The first-order valence-electron chi connectivity index (χ1n) is 18.5. The Hall–Kier alpha value is -3.66. The number of ketones is 1. The van der Waals surface area contributed by atoms with Crippen LogP contribution < -0.4 is 14.4 Å². The van der Waals surface area contributed by atoms with Gasteiger partial charge in [-0.1, -0.05) is 75.7 Å². The van der Waals surface area contributed by atoms with Crippen molar-refractivity contribution >= 4 is 38.7 Å². The highest BCUT2D eigenvalue weighted by Gasteiger charge is 2.42. The number of carbonyl (C=O) groups excluding carboxylic acids is 2. The zero-order valence-electron chi connectivity index (χ0n) is 31.1. The summed E-state index contributed by atoms with van der Waals surface area (Å²) in [6.45, 7) is 10.1. The van der Waals surface area contributed by atoms with E-state index in [2.05, 4.69) is 41.3 Å². The Labute approximate surface area is 315 Å². The molecule has 0 saturated heterocycles. The van der Waals surface area contributed by atoms with Gasteiger partial charge in [0.1, 0.15) is 18.1 Å². The molecule has 280 valence electrons. The largest absolute Gasteiger partial charge is 0.490 e. The number of carbonyl (C=O) groups is 2. The van der Waals surface area contributed by atoms with Gasteiger partial charge in [-0.15, -0.1) is 0 Å². The summed E-state index contributed by atoms with van der Waals surface area (Å²) in [7, 11) is -1.50. The minimum Gasteiger partial charge on any atom is -0.490 e. The lowest BCUT2D eigenvalue weighted by molar-refractivity contribution is -0.118. The number of para-hydroxylation sites is 1. The third-order valence-electron chi connectivity index (χ3n) is 10.4. The first kappa shape index (κ1) is 39.5. The molecule has 2 bridgehead atoms. The molecule has 1 amide bonds. The van der Waals surface area contributed by atoms with Gasteiger partial charge in [0.2, 0.25) is 0 Å². The number of rotatable bonds is 6. The number of amides is 1. The molecule has 52 heavy (non-hydrogen) atoms. The first-order chi connectivity index (χ1) is 25.1. The highest BCUT2D eigenvalue weighted by atomic mass is 35.5. The summed E-state index contributed by atoms with van der Waals surface area (Å²) in [6, 6.07) is 20.5. The van der Waals surface area contributed by atoms with E-state index < -0.39 is 15.6 Å². The fraction of sp³-hybridized carbons (Fsp3) is 0.476. The quantitative estimate of drug-likeness (QED) is 0.233. The predicted octanol–water partition coefficient (Wildman–Crippen LogP) is 8.73. The standard InChI is InChI=1S/C40H47ClN2O6S.C2H6/c1-28-23-43-26-40(19-10-11-30-21-32(41)16-17-35(30)40)27-49-38-18-15-31(22-36(38)43)39(45)42-50(46,20-9-5-8-14-37(47-3)29(28)2)25-33(44)24-48-34-12-6-4-7-13-34;1-2/h4,6-8,12-18,21-22,28-29,37H,5,9-11,19-20,23-27H2,1-3H3;1-2H3/b14-8+;/t28-,29+,37-,40-,50+;/m0./s1. The van der Waals surface area contributed by atoms with E-state index in [0.29, 0.717) is 49.6 Å². The lowest BCUT2D eigenvalue weighted by Crippen LogP contribution is -2.47. The zero-order chi connectivity index (χ0) is 37.3. The van der Waals surface area contributed by atoms with Crippen molar-refractivity contribution in [2.75, 3.05) is 49.8 Å². The summed E-state index contributed by atoms with van der Waals surface area (Å²) in [5, 5.41) is 0.735. The molecule has 3 aromatic carbocycles. The Bertz CT molecular complexity index is 1860. The van der Waals surface area contributed by atoms with Gasteiger partial charge in [-0.3, -0.25) is 9.59 Å². The number of benzene rings is 3. The normalized spacial score (nSPS) is 26.8. The minimum absolute atomic E-state index is 0.107. The molecule has 0 aromatic heterocycles. The van der Waals surface area contributed by atoms with Gasteiger partial charge >= 0.3 is 0 Å². The third-order valence-corrected chi connectivity index (χ3v) is 12.9. The molecule has 2 heterocycles. The van der Waals surface area contributed by atoms with Crippen LogP contribution in [0.4, 0.5) is 5.69 Å². The number of aryl methyl sites for hydroxylation is 1. The van der Waals surface area contributed by atoms with Crippen LogP contribution in [0.1, 0.15) is 74.9 Å². The van der Waals surface area contributed by atoms with Crippen LogP contribution >= 0.6 is 11.6 Å². The van der Waals surface area contributed by atoms with Gasteiger partial charge in [0.25, 0.3) is 5.91 Å². The fourth-order valence-electron chi connectivity index (χ4n) is 7.54. The van der Waals surface area contributed by atoms with Gasteiger partial charge in [-0.2, -0.15) is 4.36 Å². The second kappa shape index (κ2) is 17.9. The molecule has 0 fully saturated rings. The highest BCUT2D eigenvalue weighted by molar-refractivity contribution is 7.94. The van der Waals surface area contributed by atoms with Gasteiger partial charge < -0.3 is 19.1 Å². The molecule has 1 aliphatic carbocycles. The lowest BCUT2D eigenvalue weighted by atomic mass is 9.70. The Morgan fingerprint density at radius 3 is 2.63 bits per heavy atom. The summed E-state index contributed by atoms with van der Waals surface area (Å²) in [4.78, 5) is 29.3. The van der Waals surface area contributed by atoms with Crippen molar-refractivity contribution in [3.63, 3.8) is 0 Å². The SMILES string of the molecule is CC.CO[C@H]1/C=C/CCC[S@@](=O)(CC(=O)COc2ccccc2)=NC(=O)c2ccc3c(c2)N(C[C@H](C)[C@H]1C)C[C@@]1(CCCc2cc(Cl)ccc21)CO3. The Balaban J connectivity index is 0.00000257. The molecule has 3 aliphatic rings. The van der Waals surface area contributed by atoms with Crippen LogP contribution in [0.25, 0.3) is 0 Å². The molecule has 8 nitrogen and oxygen atoms in total. The monoisotopic (exact) mass is 748 g/mol. The molecule has 6 rings (SSSR count). The number of methoxy groups -OCH3 is 1. The highest BCUT2D eigenvalue weighted by Crippen LogP contribution is 2.45. The van der Waals surface area contributed by atoms with Crippen LogP contribution in [0.3, 0.4) is 0 Å². The second-order valence-corrected chi connectivity index (χ2v) is 16.9. The Morgan fingerprint density at radius 1 is 1.08 bits per heavy atom. The minimum atomic E-state index is -3.23. The second-order valence-electron chi connectivity index (χ2n) is 14.1. The van der Waals surface area contributed by atoms with Crippen molar-refractivity contribution < 1.29 is 28.0 Å².